The number of aryl methyl sites for hydroxylation is 1. The Morgan fingerprint density at radius 3 is 2.79 bits per heavy atom. The fraction of sp³-hybridized carbons (Fsp3) is 0.333. The largest absolute Gasteiger partial charge is 0.339 e. The van der Waals surface area contributed by atoms with E-state index in [1.807, 2.05) is 10.3 Å². The first-order chi connectivity index (χ1) is 14.1. The number of fused-ring (bicyclic) bond motifs is 1. The zero-order valence-corrected chi connectivity index (χ0v) is 16.8. The minimum atomic E-state index is -0.218. The molecule has 0 aliphatic carbocycles. The number of benzene rings is 1. The van der Waals surface area contributed by atoms with Crippen molar-refractivity contribution in [2.75, 3.05) is 18.4 Å². The van der Waals surface area contributed by atoms with Crippen molar-refractivity contribution in [2.45, 2.75) is 32.2 Å². The summed E-state index contributed by atoms with van der Waals surface area (Å²) in [5, 5.41) is 5.22. The van der Waals surface area contributed by atoms with E-state index < -0.39 is 0 Å². The van der Waals surface area contributed by atoms with Crippen LogP contribution < -0.4 is 10.9 Å². The molecule has 1 aromatic carbocycles. The Kier molecular flexibility index (Phi) is 5.71. The molecule has 1 aliphatic heterocycles. The zero-order valence-electron chi connectivity index (χ0n) is 16.0. The normalized spacial score (nSPS) is 14.1. The summed E-state index contributed by atoms with van der Waals surface area (Å²) in [4.78, 5) is 44.2. The van der Waals surface area contributed by atoms with E-state index in [0.717, 1.165) is 32.4 Å². The Bertz CT molecular complexity index is 1100. The van der Waals surface area contributed by atoms with Crippen molar-refractivity contribution in [1.82, 2.24) is 14.5 Å². The Morgan fingerprint density at radius 2 is 1.97 bits per heavy atom. The molecule has 0 atom stereocenters. The molecule has 1 N–H and O–H groups in total. The van der Waals surface area contributed by atoms with Gasteiger partial charge in [-0.2, -0.15) is 0 Å². The highest BCUT2D eigenvalue weighted by Crippen LogP contribution is 2.17. The summed E-state index contributed by atoms with van der Waals surface area (Å²) >= 11 is 1.42. The van der Waals surface area contributed by atoms with Gasteiger partial charge in [-0.15, -0.1) is 11.3 Å². The molecule has 1 saturated heterocycles. The van der Waals surface area contributed by atoms with E-state index in [1.54, 1.807) is 30.3 Å². The van der Waals surface area contributed by atoms with Crippen molar-refractivity contribution in [3.8, 4) is 0 Å². The zero-order chi connectivity index (χ0) is 20.2. The van der Waals surface area contributed by atoms with Crippen LogP contribution in [0.3, 0.4) is 0 Å². The summed E-state index contributed by atoms with van der Waals surface area (Å²) in [6.07, 6.45) is 4.85. The third-order valence-corrected chi connectivity index (χ3v) is 5.89. The molecule has 2 aromatic heterocycles. The molecule has 4 rings (SSSR count). The van der Waals surface area contributed by atoms with Gasteiger partial charge in [-0.3, -0.25) is 19.0 Å². The lowest BCUT2D eigenvalue weighted by atomic mass is 10.1. The maximum absolute atomic E-state index is 12.6. The van der Waals surface area contributed by atoms with Crippen LogP contribution >= 0.6 is 11.3 Å². The third-order valence-electron chi connectivity index (χ3n) is 5.07. The van der Waals surface area contributed by atoms with Gasteiger partial charge < -0.3 is 10.2 Å². The molecule has 0 spiro atoms. The Hall–Kier alpha value is -3.00. The molecule has 0 saturated carbocycles. The molecule has 2 amide bonds. The first-order valence-corrected chi connectivity index (χ1v) is 10.6. The first kappa shape index (κ1) is 19.3. The molecular weight excluding hydrogens is 388 g/mol. The minimum Gasteiger partial charge on any atom is -0.339 e. The maximum atomic E-state index is 12.6. The van der Waals surface area contributed by atoms with E-state index in [9.17, 15) is 14.4 Å². The highest BCUT2D eigenvalue weighted by atomic mass is 32.1. The molecule has 0 unspecified atom stereocenters. The molecule has 3 heterocycles. The number of rotatable bonds is 5. The molecule has 1 aliphatic rings. The minimum absolute atomic E-state index is 0.00231. The van der Waals surface area contributed by atoms with Crippen molar-refractivity contribution in [1.29, 1.82) is 0 Å². The summed E-state index contributed by atoms with van der Waals surface area (Å²) in [7, 11) is 0. The molecule has 7 nitrogen and oxygen atoms in total. The summed E-state index contributed by atoms with van der Waals surface area (Å²) < 4.78 is 1.45. The van der Waals surface area contributed by atoms with Gasteiger partial charge >= 0.3 is 0 Å². The predicted octanol–water partition coefficient (Wildman–Crippen LogP) is 3.11. The molecule has 150 valence electrons. The number of anilines is 1. The standard InChI is InChI=1S/C21H22N4O3S/c26-18(7-11-25-14-22-19-17(21(25)28)8-12-29-19)23-16-6-4-5-15(13-16)20(27)24-9-2-1-3-10-24/h4-6,8,12-14H,1-3,7,9-11H2,(H,23,26). The van der Waals surface area contributed by atoms with Crippen molar-refractivity contribution < 1.29 is 9.59 Å². The molecular formula is C21H22N4O3S. The summed E-state index contributed by atoms with van der Waals surface area (Å²) in [6.45, 7) is 1.81. The molecule has 8 heteroatoms. The van der Waals surface area contributed by atoms with E-state index in [1.165, 1.54) is 22.2 Å². The van der Waals surface area contributed by atoms with E-state index in [2.05, 4.69) is 10.3 Å². The van der Waals surface area contributed by atoms with Crippen LogP contribution in [0.4, 0.5) is 5.69 Å². The average Bonchev–Trinajstić information content (AvgIpc) is 3.23. The number of carbonyl (C=O) groups is 2. The van der Waals surface area contributed by atoms with Gasteiger partial charge in [-0.25, -0.2) is 4.98 Å². The van der Waals surface area contributed by atoms with Gasteiger partial charge in [0.15, 0.2) is 0 Å². The second-order valence-corrected chi connectivity index (χ2v) is 8.01. The van der Waals surface area contributed by atoms with Crippen LogP contribution in [0.1, 0.15) is 36.0 Å². The smallest absolute Gasteiger partial charge is 0.262 e. The average molecular weight is 410 g/mol. The lowest BCUT2D eigenvalue weighted by Crippen LogP contribution is -2.35. The number of likely N-dealkylation sites (tertiary alicyclic amines) is 1. The number of thiophene rings is 1. The van der Waals surface area contributed by atoms with Crippen LogP contribution in [0, 0.1) is 0 Å². The Labute approximate surface area is 172 Å². The number of aromatic nitrogens is 2. The molecule has 0 bridgehead atoms. The van der Waals surface area contributed by atoms with Gasteiger partial charge in [0.2, 0.25) is 5.91 Å². The van der Waals surface area contributed by atoms with Crippen LogP contribution in [-0.4, -0.2) is 39.4 Å². The lowest BCUT2D eigenvalue weighted by Gasteiger charge is -2.26. The van der Waals surface area contributed by atoms with Crippen LogP contribution in [-0.2, 0) is 11.3 Å². The highest BCUT2D eigenvalue weighted by Gasteiger charge is 2.18. The first-order valence-electron chi connectivity index (χ1n) is 9.74. The fourth-order valence-electron chi connectivity index (χ4n) is 3.51. The lowest BCUT2D eigenvalue weighted by molar-refractivity contribution is -0.116. The van der Waals surface area contributed by atoms with E-state index in [-0.39, 0.29) is 30.3 Å². The number of nitrogens with zero attached hydrogens (tertiary/aromatic N) is 3. The molecule has 0 radical (unpaired) electrons. The van der Waals surface area contributed by atoms with Gasteiger partial charge in [-0.1, -0.05) is 6.07 Å². The van der Waals surface area contributed by atoms with Crippen molar-refractivity contribution in [3.63, 3.8) is 0 Å². The highest BCUT2D eigenvalue weighted by molar-refractivity contribution is 7.16. The number of carbonyl (C=O) groups excluding carboxylic acids is 2. The quantitative estimate of drug-likeness (QED) is 0.700. The SMILES string of the molecule is O=C(CCn1cnc2sccc2c1=O)Nc1cccc(C(=O)N2CCCCC2)c1. The predicted molar refractivity (Wildman–Crippen MR) is 113 cm³/mol. The number of piperidine rings is 1. The van der Waals surface area contributed by atoms with Crippen molar-refractivity contribution in [2.24, 2.45) is 0 Å². The molecule has 29 heavy (non-hydrogen) atoms. The third kappa shape index (κ3) is 4.37. The fourth-order valence-corrected chi connectivity index (χ4v) is 4.23. The van der Waals surface area contributed by atoms with E-state index in [0.29, 0.717) is 21.5 Å². The molecule has 1 fully saturated rings. The van der Waals surface area contributed by atoms with Crippen molar-refractivity contribution >= 4 is 39.1 Å². The van der Waals surface area contributed by atoms with Gasteiger partial charge in [0, 0.05) is 37.3 Å². The monoisotopic (exact) mass is 410 g/mol. The summed E-state index contributed by atoms with van der Waals surface area (Å²) in [5.74, 6) is -0.215. The van der Waals surface area contributed by atoms with Gasteiger partial charge in [-0.05, 0) is 48.9 Å². The maximum Gasteiger partial charge on any atom is 0.262 e. The topological polar surface area (TPSA) is 84.3 Å². The van der Waals surface area contributed by atoms with Crippen LogP contribution in [0.25, 0.3) is 10.2 Å². The van der Waals surface area contributed by atoms with E-state index >= 15 is 0 Å². The number of amides is 2. The second kappa shape index (κ2) is 8.57. The second-order valence-electron chi connectivity index (χ2n) is 7.11. The van der Waals surface area contributed by atoms with Gasteiger partial charge in [0.05, 0.1) is 11.7 Å². The summed E-state index contributed by atoms with van der Waals surface area (Å²) in [5.41, 5.74) is 1.02. The Morgan fingerprint density at radius 1 is 1.14 bits per heavy atom. The number of hydrogen-bond donors (Lipinski definition) is 1. The van der Waals surface area contributed by atoms with Crippen LogP contribution in [0.15, 0.2) is 46.8 Å². The molecule has 3 aromatic rings. The van der Waals surface area contributed by atoms with Crippen LogP contribution in [0.2, 0.25) is 0 Å². The van der Waals surface area contributed by atoms with Gasteiger partial charge in [0.1, 0.15) is 4.83 Å². The van der Waals surface area contributed by atoms with Crippen LogP contribution in [0.5, 0.6) is 0 Å². The van der Waals surface area contributed by atoms with Crippen molar-refractivity contribution in [3.05, 3.63) is 58.0 Å². The number of nitrogens with one attached hydrogen (secondary N) is 1. The Balaban J connectivity index is 1.38. The van der Waals surface area contributed by atoms with Gasteiger partial charge in [0.25, 0.3) is 11.5 Å². The summed E-state index contributed by atoms with van der Waals surface area (Å²) in [6, 6.07) is 8.76. The van der Waals surface area contributed by atoms with E-state index in [4.69, 9.17) is 0 Å². The number of hydrogen-bond acceptors (Lipinski definition) is 5.